The molecule has 0 rings (SSSR count). The Morgan fingerprint density at radius 1 is 0.415 bits per heavy atom. The molecule has 0 spiro atoms. The quantitative estimate of drug-likeness (QED) is 0.0901. The van der Waals surface area contributed by atoms with Gasteiger partial charge in [0, 0.05) is 19.5 Å². The molecule has 0 fully saturated rings. The van der Waals surface area contributed by atoms with Crippen molar-refractivity contribution in [2.24, 2.45) is 5.73 Å². The number of nitrogens with two attached hydrogens (primary N) is 1. The summed E-state index contributed by atoms with van der Waals surface area (Å²) in [5, 5.41) is 2.74. The monoisotopic (exact) mass is 600 g/mol. The van der Waals surface area contributed by atoms with Gasteiger partial charge in [0.05, 0.1) is 145 Å². The predicted molar refractivity (Wildman–Crippen MR) is 151 cm³/mol. The van der Waals surface area contributed by atoms with Gasteiger partial charge in [-0.05, 0) is 0 Å². The maximum atomic E-state index is 11.1. The zero-order chi connectivity index (χ0) is 29.7. The van der Waals surface area contributed by atoms with Crippen LogP contribution in [0.1, 0.15) is 13.3 Å². The summed E-state index contributed by atoms with van der Waals surface area (Å²) >= 11 is 0. The summed E-state index contributed by atoms with van der Waals surface area (Å²) < 4.78 is 59.4. The van der Waals surface area contributed by atoms with Crippen molar-refractivity contribution < 1.29 is 56.9 Å². The lowest BCUT2D eigenvalue weighted by Gasteiger charge is -2.09. The third kappa shape index (κ3) is 37.0. The topological polar surface area (TPSA) is 157 Å². The fourth-order valence-electron chi connectivity index (χ4n) is 2.77. The van der Waals surface area contributed by atoms with E-state index in [1.165, 1.54) is 0 Å². The van der Waals surface area contributed by atoms with Crippen LogP contribution in [0.2, 0.25) is 0 Å². The number of rotatable bonds is 36. The molecule has 0 heterocycles. The van der Waals surface area contributed by atoms with Crippen LogP contribution in [0.5, 0.6) is 0 Å². The summed E-state index contributed by atoms with van der Waals surface area (Å²) in [7, 11) is 0. The molecule has 0 aromatic rings. The van der Waals surface area contributed by atoms with Gasteiger partial charge >= 0.3 is 0 Å². The van der Waals surface area contributed by atoms with Crippen molar-refractivity contribution in [2.45, 2.75) is 13.3 Å². The Bertz CT molecular complexity index is 509. The standard InChI is InChI=1S/C27H56N2O12/c1-2-27(30)29-4-6-32-8-10-34-12-14-36-16-18-38-20-22-40-24-26-41-25-23-39-21-19-37-17-15-35-13-11-33-9-7-31-5-3-28/h2-26,28H2,1H3,(H,29,30). The Labute approximate surface area is 246 Å². The summed E-state index contributed by atoms with van der Waals surface area (Å²) in [4.78, 5) is 11.1. The largest absolute Gasteiger partial charge is 0.378 e. The van der Waals surface area contributed by atoms with Gasteiger partial charge in [0.2, 0.25) is 5.91 Å². The minimum atomic E-state index is 0.0268. The summed E-state index contributed by atoms with van der Waals surface area (Å²) in [6.45, 7) is 14.1. The number of hydrogen-bond acceptors (Lipinski definition) is 13. The Morgan fingerprint density at radius 3 is 0.854 bits per heavy atom. The van der Waals surface area contributed by atoms with Crippen LogP contribution in [0.3, 0.4) is 0 Å². The number of ether oxygens (including phenoxy) is 11. The van der Waals surface area contributed by atoms with Gasteiger partial charge < -0.3 is 63.2 Å². The lowest BCUT2D eigenvalue weighted by atomic mass is 10.4. The zero-order valence-corrected chi connectivity index (χ0v) is 25.2. The van der Waals surface area contributed by atoms with Crippen molar-refractivity contribution in [3.8, 4) is 0 Å². The van der Waals surface area contributed by atoms with Crippen LogP contribution in [-0.4, -0.2) is 164 Å². The molecule has 0 aromatic heterocycles. The molecule has 0 aliphatic carbocycles. The Kier molecular flexibility index (Phi) is 36.1. The molecule has 0 saturated carbocycles. The molecule has 0 atom stereocenters. The summed E-state index contributed by atoms with van der Waals surface area (Å²) in [5.41, 5.74) is 5.32. The van der Waals surface area contributed by atoms with Crippen LogP contribution < -0.4 is 11.1 Å². The van der Waals surface area contributed by atoms with Gasteiger partial charge in [-0.1, -0.05) is 6.92 Å². The molecule has 1 amide bonds. The van der Waals surface area contributed by atoms with E-state index in [2.05, 4.69) is 5.32 Å². The minimum absolute atomic E-state index is 0.0268. The molecule has 0 aliphatic heterocycles. The molecule has 0 bridgehead atoms. The number of amides is 1. The fraction of sp³-hybridized carbons (Fsp3) is 0.963. The first-order valence-corrected chi connectivity index (χ1v) is 14.6. The van der Waals surface area contributed by atoms with Gasteiger partial charge in [-0.3, -0.25) is 4.79 Å². The molecule has 246 valence electrons. The van der Waals surface area contributed by atoms with Crippen LogP contribution in [0, 0.1) is 0 Å². The van der Waals surface area contributed by atoms with Gasteiger partial charge in [0.1, 0.15) is 0 Å². The molecule has 0 aromatic carbocycles. The van der Waals surface area contributed by atoms with Crippen molar-refractivity contribution in [2.75, 3.05) is 158 Å². The van der Waals surface area contributed by atoms with E-state index in [0.29, 0.717) is 165 Å². The van der Waals surface area contributed by atoms with Crippen molar-refractivity contribution >= 4 is 5.91 Å². The number of carbonyl (C=O) groups is 1. The van der Waals surface area contributed by atoms with E-state index < -0.39 is 0 Å². The third-order valence-electron chi connectivity index (χ3n) is 4.87. The van der Waals surface area contributed by atoms with Gasteiger partial charge in [0.25, 0.3) is 0 Å². The second-order valence-electron chi connectivity index (χ2n) is 8.23. The summed E-state index contributed by atoms with van der Waals surface area (Å²) in [6.07, 6.45) is 0.484. The molecule has 0 saturated heterocycles. The Hall–Kier alpha value is -1.01. The molecule has 14 heteroatoms. The molecule has 0 unspecified atom stereocenters. The Morgan fingerprint density at radius 2 is 0.634 bits per heavy atom. The molecular weight excluding hydrogens is 544 g/mol. The number of hydrogen-bond donors (Lipinski definition) is 2. The highest BCUT2D eigenvalue weighted by atomic mass is 16.6. The van der Waals surface area contributed by atoms with E-state index in [4.69, 9.17) is 57.8 Å². The van der Waals surface area contributed by atoms with E-state index in [9.17, 15) is 4.79 Å². The van der Waals surface area contributed by atoms with Crippen LogP contribution in [0.25, 0.3) is 0 Å². The normalized spacial score (nSPS) is 11.4. The minimum Gasteiger partial charge on any atom is -0.378 e. The van der Waals surface area contributed by atoms with E-state index in [1.54, 1.807) is 0 Å². The Balaban J connectivity index is 3.04. The molecule has 41 heavy (non-hydrogen) atoms. The summed E-state index contributed by atoms with van der Waals surface area (Å²) in [5.74, 6) is 0.0268. The van der Waals surface area contributed by atoms with Crippen LogP contribution in [0.4, 0.5) is 0 Å². The first-order valence-electron chi connectivity index (χ1n) is 14.6. The van der Waals surface area contributed by atoms with Crippen LogP contribution in [-0.2, 0) is 56.9 Å². The molecule has 3 N–H and O–H groups in total. The maximum absolute atomic E-state index is 11.1. The predicted octanol–water partition coefficient (Wildman–Crippen LogP) is -0.346. The second kappa shape index (κ2) is 37.0. The molecule has 0 radical (unpaired) electrons. The average Bonchev–Trinajstić information content (AvgIpc) is 2.99. The lowest BCUT2D eigenvalue weighted by molar-refractivity contribution is -0.121. The fourth-order valence-corrected chi connectivity index (χ4v) is 2.77. The highest BCUT2D eigenvalue weighted by Gasteiger charge is 1.97. The number of carbonyl (C=O) groups excluding carboxylic acids is 1. The average molecular weight is 601 g/mol. The van der Waals surface area contributed by atoms with E-state index in [0.717, 1.165) is 0 Å². The van der Waals surface area contributed by atoms with Crippen molar-refractivity contribution in [3.05, 3.63) is 0 Å². The van der Waals surface area contributed by atoms with E-state index >= 15 is 0 Å². The first-order chi connectivity index (χ1) is 20.3. The zero-order valence-electron chi connectivity index (χ0n) is 25.2. The van der Waals surface area contributed by atoms with E-state index in [-0.39, 0.29) is 5.91 Å². The van der Waals surface area contributed by atoms with Crippen molar-refractivity contribution in [1.82, 2.24) is 5.32 Å². The highest BCUT2D eigenvalue weighted by molar-refractivity contribution is 5.75. The van der Waals surface area contributed by atoms with Gasteiger partial charge in [0.15, 0.2) is 0 Å². The first kappa shape index (κ1) is 40.0. The maximum Gasteiger partial charge on any atom is 0.219 e. The van der Waals surface area contributed by atoms with Gasteiger partial charge in [-0.25, -0.2) is 0 Å². The molecule has 14 nitrogen and oxygen atoms in total. The number of nitrogens with one attached hydrogen (secondary N) is 1. The van der Waals surface area contributed by atoms with E-state index in [1.807, 2.05) is 6.92 Å². The van der Waals surface area contributed by atoms with Gasteiger partial charge in [-0.2, -0.15) is 0 Å². The molecular formula is C27H56N2O12. The van der Waals surface area contributed by atoms with Gasteiger partial charge in [-0.15, -0.1) is 0 Å². The van der Waals surface area contributed by atoms with Crippen LogP contribution >= 0.6 is 0 Å². The van der Waals surface area contributed by atoms with Crippen LogP contribution in [0.15, 0.2) is 0 Å². The SMILES string of the molecule is CCC(=O)NCCOCCOCCOCCOCCOCCOCCOCCOCCOCCOCCOCCN. The summed E-state index contributed by atoms with van der Waals surface area (Å²) in [6, 6.07) is 0. The lowest BCUT2D eigenvalue weighted by Crippen LogP contribution is -2.26. The third-order valence-corrected chi connectivity index (χ3v) is 4.87. The van der Waals surface area contributed by atoms with Crippen molar-refractivity contribution in [3.63, 3.8) is 0 Å². The second-order valence-corrected chi connectivity index (χ2v) is 8.23. The smallest absolute Gasteiger partial charge is 0.219 e. The van der Waals surface area contributed by atoms with Crippen molar-refractivity contribution in [1.29, 1.82) is 0 Å². The highest BCUT2D eigenvalue weighted by Crippen LogP contribution is 1.87. The molecule has 0 aliphatic rings.